The van der Waals surface area contributed by atoms with Gasteiger partial charge in [-0.05, 0) is 11.3 Å². The van der Waals surface area contributed by atoms with Gasteiger partial charge in [0.05, 0.1) is 11.8 Å². The Morgan fingerprint density at radius 3 is 3.00 bits per heavy atom. The van der Waals surface area contributed by atoms with Gasteiger partial charge < -0.3 is 0 Å². The van der Waals surface area contributed by atoms with Gasteiger partial charge in [0.25, 0.3) is 0 Å². The Labute approximate surface area is 66.6 Å². The van der Waals surface area contributed by atoms with Crippen molar-refractivity contribution in [2.24, 2.45) is 0 Å². The minimum atomic E-state index is -0.459. The molecule has 2 rings (SSSR count). The minimum Gasteiger partial charge on any atom is -0.262 e. The van der Waals surface area contributed by atoms with Crippen LogP contribution in [0.15, 0.2) is 18.5 Å². The highest BCUT2D eigenvalue weighted by molar-refractivity contribution is 5.53. The molecule has 60 valence electrons. The fourth-order valence-corrected chi connectivity index (χ4v) is 0.832. The third-order valence-electron chi connectivity index (χ3n) is 1.36. The zero-order valence-electron chi connectivity index (χ0n) is 5.90. The van der Waals surface area contributed by atoms with Crippen molar-refractivity contribution in [2.45, 2.75) is 0 Å². The molecule has 2 aromatic heterocycles. The van der Waals surface area contributed by atoms with E-state index < -0.39 is 5.82 Å². The summed E-state index contributed by atoms with van der Waals surface area (Å²) in [6.07, 6.45) is 2.57. The van der Waals surface area contributed by atoms with Crippen LogP contribution in [-0.2, 0) is 0 Å². The van der Waals surface area contributed by atoms with Gasteiger partial charge in [-0.15, -0.1) is 10.2 Å². The molecule has 0 radical (unpaired) electrons. The molecule has 2 aromatic rings. The van der Waals surface area contributed by atoms with Crippen LogP contribution in [0.3, 0.4) is 0 Å². The Bertz CT molecular complexity index is 371. The van der Waals surface area contributed by atoms with Crippen molar-refractivity contribution >= 4 is 0 Å². The van der Waals surface area contributed by atoms with E-state index in [1.807, 2.05) is 0 Å². The second kappa shape index (κ2) is 2.65. The van der Waals surface area contributed by atoms with Gasteiger partial charge in [-0.3, -0.25) is 4.98 Å². The highest BCUT2D eigenvalue weighted by Gasteiger charge is 2.07. The van der Waals surface area contributed by atoms with Crippen molar-refractivity contribution in [3.63, 3.8) is 0 Å². The van der Waals surface area contributed by atoms with Crippen LogP contribution in [-0.4, -0.2) is 25.6 Å². The summed E-state index contributed by atoms with van der Waals surface area (Å²) in [5, 5.41) is 12.8. The number of hydrogen-bond donors (Lipinski definition) is 1. The zero-order valence-corrected chi connectivity index (χ0v) is 5.90. The molecule has 0 saturated carbocycles. The van der Waals surface area contributed by atoms with Crippen LogP contribution in [0.2, 0.25) is 0 Å². The number of aromatic nitrogens is 5. The summed E-state index contributed by atoms with van der Waals surface area (Å²) >= 11 is 0. The molecule has 1 N–H and O–H groups in total. The summed E-state index contributed by atoms with van der Waals surface area (Å²) in [6, 6.07) is 1.49. The topological polar surface area (TPSA) is 67.3 Å². The number of hydrogen-bond acceptors (Lipinski definition) is 4. The predicted octanol–water partition coefficient (Wildman–Crippen LogP) is 0.401. The second-order valence-electron chi connectivity index (χ2n) is 2.09. The van der Waals surface area contributed by atoms with E-state index in [4.69, 9.17) is 0 Å². The van der Waals surface area contributed by atoms with E-state index in [0.29, 0.717) is 5.56 Å². The lowest BCUT2D eigenvalue weighted by molar-refractivity contribution is 0.623. The van der Waals surface area contributed by atoms with Crippen LogP contribution in [0.25, 0.3) is 11.4 Å². The molecule has 0 fully saturated rings. The normalized spacial score (nSPS) is 10.1. The number of pyridine rings is 1. The van der Waals surface area contributed by atoms with Gasteiger partial charge >= 0.3 is 0 Å². The lowest BCUT2D eigenvalue weighted by Crippen LogP contribution is -1.87. The molecule has 5 nitrogen and oxygen atoms in total. The van der Waals surface area contributed by atoms with Gasteiger partial charge in [-0.25, -0.2) is 4.39 Å². The van der Waals surface area contributed by atoms with Gasteiger partial charge in [0, 0.05) is 6.20 Å². The van der Waals surface area contributed by atoms with E-state index in [9.17, 15) is 4.39 Å². The summed E-state index contributed by atoms with van der Waals surface area (Å²) in [6.45, 7) is 0. The molecule has 0 amide bonds. The second-order valence-corrected chi connectivity index (χ2v) is 2.09. The molecule has 0 atom stereocenters. The van der Waals surface area contributed by atoms with Crippen LogP contribution >= 0.6 is 0 Å². The standard InChI is InChI=1S/C6H4FN5/c7-5-3-8-2-1-4(5)6-9-11-12-10-6/h1-3H,(H,9,10,11,12). The van der Waals surface area contributed by atoms with Crippen molar-refractivity contribution < 1.29 is 4.39 Å². The third-order valence-corrected chi connectivity index (χ3v) is 1.36. The third kappa shape index (κ3) is 1.03. The molecule has 0 aliphatic heterocycles. The van der Waals surface area contributed by atoms with E-state index in [0.717, 1.165) is 6.20 Å². The first kappa shape index (κ1) is 6.84. The Morgan fingerprint density at radius 1 is 1.42 bits per heavy atom. The molecule has 12 heavy (non-hydrogen) atoms. The Kier molecular flexibility index (Phi) is 1.51. The summed E-state index contributed by atoms with van der Waals surface area (Å²) in [4.78, 5) is 3.59. The lowest BCUT2D eigenvalue weighted by Gasteiger charge is -1.93. The first-order chi connectivity index (χ1) is 5.88. The number of halogens is 1. The zero-order chi connectivity index (χ0) is 8.39. The maximum atomic E-state index is 13.0. The average Bonchev–Trinajstić information content (AvgIpc) is 2.57. The lowest BCUT2D eigenvalue weighted by atomic mass is 10.2. The molecule has 0 aliphatic carbocycles. The van der Waals surface area contributed by atoms with Gasteiger partial charge in [0.15, 0.2) is 5.82 Å². The summed E-state index contributed by atoms with van der Waals surface area (Å²) in [7, 11) is 0. The molecular formula is C6H4FN5. The van der Waals surface area contributed by atoms with Gasteiger partial charge in [-0.2, -0.15) is 5.21 Å². The van der Waals surface area contributed by atoms with E-state index in [1.54, 1.807) is 0 Å². The number of rotatable bonds is 1. The molecule has 0 bridgehead atoms. The number of tetrazole rings is 1. The van der Waals surface area contributed by atoms with Crippen molar-refractivity contribution in [2.75, 3.05) is 0 Å². The molecule has 0 aliphatic rings. The van der Waals surface area contributed by atoms with E-state index in [-0.39, 0.29) is 5.82 Å². The Hall–Kier alpha value is -1.85. The fourth-order valence-electron chi connectivity index (χ4n) is 0.832. The predicted molar refractivity (Wildman–Crippen MR) is 37.4 cm³/mol. The van der Waals surface area contributed by atoms with Gasteiger partial charge in [0.2, 0.25) is 5.82 Å². The highest BCUT2D eigenvalue weighted by atomic mass is 19.1. The van der Waals surface area contributed by atoms with E-state index in [2.05, 4.69) is 25.6 Å². The fraction of sp³-hybridized carbons (Fsp3) is 0. The quantitative estimate of drug-likeness (QED) is 0.664. The minimum absolute atomic E-state index is 0.231. The van der Waals surface area contributed by atoms with E-state index in [1.165, 1.54) is 12.3 Å². The van der Waals surface area contributed by atoms with Gasteiger partial charge in [0.1, 0.15) is 0 Å². The highest BCUT2D eigenvalue weighted by Crippen LogP contribution is 2.14. The Morgan fingerprint density at radius 2 is 2.33 bits per heavy atom. The Balaban J connectivity index is 2.55. The van der Waals surface area contributed by atoms with Gasteiger partial charge in [-0.1, -0.05) is 0 Å². The summed E-state index contributed by atoms with van der Waals surface area (Å²) in [5.41, 5.74) is 0.291. The van der Waals surface area contributed by atoms with E-state index >= 15 is 0 Å². The van der Waals surface area contributed by atoms with Crippen molar-refractivity contribution in [3.05, 3.63) is 24.3 Å². The molecule has 0 aromatic carbocycles. The van der Waals surface area contributed by atoms with Crippen LogP contribution in [0, 0.1) is 5.82 Å². The van der Waals surface area contributed by atoms with Crippen LogP contribution in [0.5, 0.6) is 0 Å². The summed E-state index contributed by atoms with van der Waals surface area (Å²) < 4.78 is 13.0. The SMILES string of the molecule is Fc1cnccc1-c1nn[nH]n1. The largest absolute Gasteiger partial charge is 0.262 e. The smallest absolute Gasteiger partial charge is 0.207 e. The number of nitrogens with zero attached hydrogens (tertiary/aromatic N) is 4. The first-order valence-corrected chi connectivity index (χ1v) is 3.21. The van der Waals surface area contributed by atoms with Crippen molar-refractivity contribution in [1.29, 1.82) is 0 Å². The molecular weight excluding hydrogens is 161 g/mol. The van der Waals surface area contributed by atoms with Crippen LogP contribution < -0.4 is 0 Å². The van der Waals surface area contributed by atoms with Crippen LogP contribution in [0.4, 0.5) is 4.39 Å². The maximum absolute atomic E-state index is 13.0. The number of aromatic amines is 1. The molecule has 0 spiro atoms. The number of nitrogens with one attached hydrogen (secondary N) is 1. The molecule has 0 saturated heterocycles. The monoisotopic (exact) mass is 165 g/mol. The molecule has 2 heterocycles. The molecule has 0 unspecified atom stereocenters. The van der Waals surface area contributed by atoms with Crippen LogP contribution in [0.1, 0.15) is 0 Å². The molecule has 6 heteroatoms. The number of H-pyrrole nitrogens is 1. The van der Waals surface area contributed by atoms with Crippen molar-refractivity contribution in [1.82, 2.24) is 25.6 Å². The maximum Gasteiger partial charge on any atom is 0.207 e. The summed E-state index contributed by atoms with van der Waals surface area (Å²) in [5.74, 6) is -0.228. The average molecular weight is 165 g/mol. The van der Waals surface area contributed by atoms with Crippen molar-refractivity contribution in [3.8, 4) is 11.4 Å². The first-order valence-electron chi connectivity index (χ1n) is 3.21.